The molecule has 2 aromatic heterocycles. The Balaban J connectivity index is 1.43. The molecule has 12 heteroatoms. The molecule has 0 radical (unpaired) electrons. The minimum Gasteiger partial charge on any atom is -0.481 e. The minimum absolute atomic E-state index is 0.0521. The lowest BCUT2D eigenvalue weighted by Gasteiger charge is -2.33. The van der Waals surface area contributed by atoms with Crippen molar-refractivity contribution in [1.82, 2.24) is 29.6 Å². The highest BCUT2D eigenvalue weighted by atomic mass is 32.2. The third kappa shape index (κ3) is 6.01. The first-order chi connectivity index (χ1) is 21.9. The quantitative estimate of drug-likeness (QED) is 0.287. The molecule has 0 unspecified atom stereocenters. The summed E-state index contributed by atoms with van der Waals surface area (Å²) in [7, 11) is -3.99. The Labute approximate surface area is 270 Å². The number of ether oxygens (including phenoxy) is 1. The maximum atomic E-state index is 14.2. The molecule has 3 heterocycles. The van der Waals surface area contributed by atoms with Gasteiger partial charge in [0.15, 0.2) is 0 Å². The van der Waals surface area contributed by atoms with Crippen molar-refractivity contribution in [3.8, 4) is 5.88 Å². The van der Waals surface area contributed by atoms with Crippen LogP contribution < -0.4 is 10.1 Å². The first-order valence-corrected chi connectivity index (χ1v) is 17.3. The van der Waals surface area contributed by atoms with E-state index in [2.05, 4.69) is 20.6 Å². The number of carboxylic acids is 1. The van der Waals surface area contributed by atoms with Crippen molar-refractivity contribution in [2.24, 2.45) is 5.41 Å². The Morgan fingerprint density at radius 1 is 1.13 bits per heavy atom. The number of aromatic nitrogens is 4. The molecular weight excluding hydrogens is 604 g/mol. The number of nitrogens with zero attached hydrogens (tertiary/aromatic N) is 5. The summed E-state index contributed by atoms with van der Waals surface area (Å²) in [6.45, 7) is 11.2. The zero-order valence-electron chi connectivity index (χ0n) is 27.1. The fourth-order valence-corrected chi connectivity index (χ4v) is 7.99. The lowest BCUT2D eigenvalue weighted by atomic mass is 9.69. The minimum atomic E-state index is -3.99. The van der Waals surface area contributed by atoms with Crippen LogP contribution in [-0.2, 0) is 21.4 Å². The van der Waals surface area contributed by atoms with Gasteiger partial charge in [0.05, 0.1) is 17.0 Å². The van der Waals surface area contributed by atoms with Crippen LogP contribution in [0.3, 0.4) is 0 Å². The van der Waals surface area contributed by atoms with Crippen molar-refractivity contribution < 1.29 is 23.1 Å². The van der Waals surface area contributed by atoms with Crippen LogP contribution in [0.4, 0.5) is 0 Å². The SMILES string of the molecule is Cc1cnc2c(c1)S(=O)(=O)N(Cc1cc([C@H](c3ccc4c(nnn4C4CC4)c3C)C(C)(C)C(=O)O)ccc1C)CCCNCCO2. The van der Waals surface area contributed by atoms with Crippen LogP contribution in [0.15, 0.2) is 47.5 Å². The van der Waals surface area contributed by atoms with E-state index in [9.17, 15) is 18.3 Å². The number of nitrogens with one attached hydrogen (secondary N) is 1. The number of pyridine rings is 1. The number of aryl methyl sites for hydroxylation is 3. The Morgan fingerprint density at radius 2 is 1.91 bits per heavy atom. The summed E-state index contributed by atoms with van der Waals surface area (Å²) in [6, 6.07) is 11.9. The highest BCUT2D eigenvalue weighted by Crippen LogP contribution is 2.45. The maximum absolute atomic E-state index is 14.2. The second-order valence-electron chi connectivity index (χ2n) is 13.2. The first kappa shape index (κ1) is 32.1. The standard InChI is InChI=1S/C34H42N6O5S/c1-21-17-29-32(36-19-21)45-16-14-35-13-6-15-39(46(29,43)44)20-25-18-24(8-7-22(25)2)30(34(4,5)33(41)42)27-11-12-28-31(23(27)3)37-38-40(28)26-9-10-26/h7-8,11-12,17-19,26,30,35H,6,9-10,13-16,20H2,1-5H3,(H,41,42)/t30-/m1/s1. The van der Waals surface area contributed by atoms with Crippen LogP contribution in [0, 0.1) is 26.2 Å². The normalized spacial score (nSPS) is 18.4. The van der Waals surface area contributed by atoms with E-state index in [1.54, 1.807) is 26.1 Å². The van der Waals surface area contributed by atoms with Crippen LogP contribution >= 0.6 is 0 Å². The lowest BCUT2D eigenvalue weighted by Crippen LogP contribution is -2.34. The molecule has 11 nitrogen and oxygen atoms in total. The number of sulfonamides is 1. The number of hydrogen-bond donors (Lipinski definition) is 2. The molecule has 1 aliphatic carbocycles. The summed E-state index contributed by atoms with van der Waals surface area (Å²) < 4.78 is 37.7. The number of aliphatic carboxylic acids is 1. The average Bonchev–Trinajstić information content (AvgIpc) is 3.76. The summed E-state index contributed by atoms with van der Waals surface area (Å²) in [4.78, 5) is 17.2. The van der Waals surface area contributed by atoms with E-state index >= 15 is 0 Å². The number of carbonyl (C=O) groups is 1. The number of hydrogen-bond acceptors (Lipinski definition) is 8. The van der Waals surface area contributed by atoms with Gasteiger partial charge in [-0.3, -0.25) is 4.79 Å². The largest absolute Gasteiger partial charge is 0.481 e. The topological polar surface area (TPSA) is 140 Å². The Kier molecular flexibility index (Phi) is 8.64. The van der Waals surface area contributed by atoms with Crippen LogP contribution in [-0.4, -0.2) is 70.0 Å². The predicted octanol–water partition coefficient (Wildman–Crippen LogP) is 4.89. The van der Waals surface area contributed by atoms with Crippen LogP contribution in [0.5, 0.6) is 5.88 Å². The highest BCUT2D eigenvalue weighted by molar-refractivity contribution is 7.89. The number of fused-ring (bicyclic) bond motifs is 2. The van der Waals surface area contributed by atoms with E-state index in [4.69, 9.17) is 4.74 Å². The van der Waals surface area contributed by atoms with E-state index in [-0.39, 0.29) is 17.3 Å². The first-order valence-electron chi connectivity index (χ1n) is 15.9. The van der Waals surface area contributed by atoms with E-state index in [1.807, 2.05) is 55.8 Å². The molecule has 6 rings (SSSR count). The van der Waals surface area contributed by atoms with Crippen molar-refractivity contribution in [3.63, 3.8) is 0 Å². The summed E-state index contributed by atoms with van der Waals surface area (Å²) in [5.41, 5.74) is 5.52. The van der Waals surface area contributed by atoms with Gasteiger partial charge in [0.25, 0.3) is 0 Å². The van der Waals surface area contributed by atoms with Crippen LogP contribution in [0.25, 0.3) is 11.0 Å². The average molecular weight is 647 g/mol. The fraction of sp³-hybridized carbons (Fsp3) is 0.471. The number of rotatable bonds is 7. The molecule has 1 saturated carbocycles. The molecule has 1 fully saturated rings. The van der Waals surface area contributed by atoms with Crippen LogP contribution in [0.2, 0.25) is 0 Å². The molecule has 1 aliphatic heterocycles. The summed E-state index contributed by atoms with van der Waals surface area (Å²) in [5.74, 6) is -1.37. The Hall–Kier alpha value is -3.87. The van der Waals surface area contributed by atoms with E-state index in [0.717, 1.165) is 57.3 Å². The van der Waals surface area contributed by atoms with E-state index in [1.165, 1.54) is 4.31 Å². The van der Waals surface area contributed by atoms with E-state index < -0.39 is 27.3 Å². The highest BCUT2D eigenvalue weighted by Gasteiger charge is 2.41. The van der Waals surface area contributed by atoms with Gasteiger partial charge in [-0.1, -0.05) is 29.5 Å². The van der Waals surface area contributed by atoms with Crippen molar-refractivity contribution >= 4 is 27.0 Å². The zero-order valence-corrected chi connectivity index (χ0v) is 27.9. The van der Waals surface area contributed by atoms with E-state index in [0.29, 0.717) is 38.7 Å². The monoisotopic (exact) mass is 646 g/mol. The molecule has 1 atom stereocenters. The zero-order chi connectivity index (χ0) is 32.8. The van der Waals surface area contributed by atoms with Gasteiger partial charge >= 0.3 is 5.97 Å². The molecule has 2 N–H and O–H groups in total. The van der Waals surface area contributed by atoms with Gasteiger partial charge in [-0.2, -0.15) is 4.31 Å². The van der Waals surface area contributed by atoms with Crippen LogP contribution in [0.1, 0.15) is 78.5 Å². The van der Waals surface area contributed by atoms with Gasteiger partial charge in [0.2, 0.25) is 15.9 Å². The number of carboxylic acid groups (broad SMARTS) is 1. The van der Waals surface area contributed by atoms with Gasteiger partial charge in [-0.05, 0) is 106 Å². The second-order valence-corrected chi connectivity index (χ2v) is 15.1. The fourth-order valence-electron chi connectivity index (χ4n) is 6.37. The molecule has 46 heavy (non-hydrogen) atoms. The van der Waals surface area contributed by atoms with Gasteiger partial charge < -0.3 is 15.2 Å². The molecule has 0 amide bonds. The molecule has 2 aromatic carbocycles. The molecule has 0 spiro atoms. The smallest absolute Gasteiger partial charge is 0.310 e. The molecular formula is C34H42N6O5S. The maximum Gasteiger partial charge on any atom is 0.310 e. The molecule has 2 aliphatic rings. The van der Waals surface area contributed by atoms with Crippen molar-refractivity contribution in [2.45, 2.75) is 77.3 Å². The van der Waals surface area contributed by atoms with Gasteiger partial charge in [-0.25, -0.2) is 18.1 Å². The Bertz CT molecular complexity index is 1900. The van der Waals surface area contributed by atoms with Crippen molar-refractivity contribution in [1.29, 1.82) is 0 Å². The summed E-state index contributed by atoms with van der Waals surface area (Å²) in [5, 5.41) is 22.7. The third-order valence-corrected chi connectivity index (χ3v) is 11.2. The number of benzene rings is 2. The van der Waals surface area contributed by atoms with Crippen molar-refractivity contribution in [2.75, 3.05) is 26.2 Å². The molecule has 0 saturated heterocycles. The molecule has 4 aromatic rings. The summed E-state index contributed by atoms with van der Waals surface area (Å²) >= 11 is 0. The van der Waals surface area contributed by atoms with Crippen molar-refractivity contribution in [3.05, 3.63) is 76.0 Å². The Morgan fingerprint density at radius 3 is 2.65 bits per heavy atom. The van der Waals surface area contributed by atoms with Gasteiger partial charge in [0, 0.05) is 31.7 Å². The lowest BCUT2D eigenvalue weighted by molar-refractivity contribution is -0.147. The molecule has 0 bridgehead atoms. The molecule has 244 valence electrons. The van der Waals surface area contributed by atoms with Gasteiger partial charge in [-0.15, -0.1) is 5.10 Å². The third-order valence-electron chi connectivity index (χ3n) is 9.32. The second kappa shape index (κ2) is 12.4. The predicted molar refractivity (Wildman–Crippen MR) is 175 cm³/mol. The summed E-state index contributed by atoms with van der Waals surface area (Å²) in [6.07, 6.45) is 4.38. The van der Waals surface area contributed by atoms with Gasteiger partial charge in [0.1, 0.15) is 17.0 Å².